The molecule has 2 nitrogen and oxygen atoms in total. The van der Waals surface area contributed by atoms with Crippen molar-refractivity contribution in [1.29, 1.82) is 0 Å². The third-order valence-electron chi connectivity index (χ3n) is 1.25. The maximum Gasteiger partial charge on any atom is 0.0164 e. The summed E-state index contributed by atoms with van der Waals surface area (Å²) in [6, 6.07) is 0.675. The molecule has 1 heterocycles. The van der Waals surface area contributed by atoms with Crippen LogP contribution in [0.25, 0.3) is 0 Å². The standard InChI is InChI=1S/C5H12N2.2CH4/c1-5-4-6-2-3-7-5;;/h5-7H,2-4H2,1H3;2*1H4. The molecule has 1 saturated heterocycles. The summed E-state index contributed by atoms with van der Waals surface area (Å²) < 4.78 is 0. The van der Waals surface area contributed by atoms with E-state index in [1.54, 1.807) is 0 Å². The summed E-state index contributed by atoms with van der Waals surface area (Å²) >= 11 is 0. The fourth-order valence-corrected chi connectivity index (χ4v) is 0.798. The van der Waals surface area contributed by atoms with Crippen LogP contribution in [0.2, 0.25) is 0 Å². The summed E-state index contributed by atoms with van der Waals surface area (Å²) in [4.78, 5) is 0. The van der Waals surface area contributed by atoms with Gasteiger partial charge in [-0.1, -0.05) is 14.9 Å². The Hall–Kier alpha value is -0.0800. The summed E-state index contributed by atoms with van der Waals surface area (Å²) in [7, 11) is 0. The van der Waals surface area contributed by atoms with Gasteiger partial charge >= 0.3 is 0 Å². The normalized spacial score (nSPS) is 25.7. The van der Waals surface area contributed by atoms with Crippen LogP contribution in [0, 0.1) is 0 Å². The minimum Gasteiger partial charge on any atom is -0.314 e. The van der Waals surface area contributed by atoms with Crippen LogP contribution in [-0.2, 0) is 0 Å². The quantitative estimate of drug-likeness (QED) is 0.510. The summed E-state index contributed by atoms with van der Waals surface area (Å²) in [5, 5.41) is 6.59. The molecule has 0 radical (unpaired) electrons. The van der Waals surface area contributed by atoms with Crippen molar-refractivity contribution in [3.05, 3.63) is 0 Å². The van der Waals surface area contributed by atoms with Crippen LogP contribution in [0.3, 0.4) is 0 Å². The molecule has 9 heavy (non-hydrogen) atoms. The van der Waals surface area contributed by atoms with Crippen molar-refractivity contribution in [1.82, 2.24) is 10.6 Å². The van der Waals surface area contributed by atoms with Gasteiger partial charge < -0.3 is 10.6 Å². The Morgan fingerprint density at radius 1 is 1.22 bits per heavy atom. The van der Waals surface area contributed by atoms with E-state index in [-0.39, 0.29) is 14.9 Å². The largest absolute Gasteiger partial charge is 0.314 e. The first-order valence-corrected chi connectivity index (χ1v) is 2.83. The smallest absolute Gasteiger partial charge is 0.0164 e. The molecule has 0 spiro atoms. The molecule has 0 aromatic carbocycles. The molecule has 0 aromatic rings. The van der Waals surface area contributed by atoms with E-state index in [0.29, 0.717) is 6.04 Å². The zero-order chi connectivity index (χ0) is 5.11. The number of rotatable bonds is 0. The van der Waals surface area contributed by atoms with Gasteiger partial charge in [0.05, 0.1) is 0 Å². The number of hydrogen-bond acceptors (Lipinski definition) is 2. The predicted octanol–water partition coefficient (Wildman–Crippen LogP) is 0.840. The molecule has 0 bridgehead atoms. The van der Waals surface area contributed by atoms with Crippen molar-refractivity contribution in [2.75, 3.05) is 19.6 Å². The molecule has 2 N–H and O–H groups in total. The second-order valence-electron chi connectivity index (χ2n) is 2.06. The second-order valence-corrected chi connectivity index (χ2v) is 2.06. The second kappa shape index (κ2) is 6.05. The lowest BCUT2D eigenvalue weighted by molar-refractivity contribution is 0.442. The molecule has 1 aliphatic rings. The van der Waals surface area contributed by atoms with Crippen molar-refractivity contribution >= 4 is 0 Å². The molecular formula is C7H20N2. The van der Waals surface area contributed by atoms with Crippen molar-refractivity contribution in [2.45, 2.75) is 27.8 Å². The Morgan fingerprint density at radius 3 is 2.11 bits per heavy atom. The van der Waals surface area contributed by atoms with E-state index in [0.717, 1.165) is 19.6 Å². The van der Waals surface area contributed by atoms with Gasteiger partial charge in [-0.25, -0.2) is 0 Å². The van der Waals surface area contributed by atoms with Crippen LogP contribution in [0.5, 0.6) is 0 Å². The molecule has 0 saturated carbocycles. The Bertz CT molecular complexity index is 48.9. The van der Waals surface area contributed by atoms with Gasteiger partial charge in [0.2, 0.25) is 0 Å². The first-order valence-electron chi connectivity index (χ1n) is 2.83. The van der Waals surface area contributed by atoms with E-state index in [4.69, 9.17) is 0 Å². The van der Waals surface area contributed by atoms with Crippen LogP contribution < -0.4 is 10.6 Å². The van der Waals surface area contributed by atoms with Crippen molar-refractivity contribution in [3.8, 4) is 0 Å². The van der Waals surface area contributed by atoms with E-state index in [9.17, 15) is 0 Å². The highest BCUT2D eigenvalue weighted by atomic mass is 15.0. The molecule has 1 fully saturated rings. The average molecular weight is 132 g/mol. The highest BCUT2D eigenvalue weighted by Gasteiger charge is 2.03. The van der Waals surface area contributed by atoms with Gasteiger partial charge in [-0.15, -0.1) is 0 Å². The Balaban J connectivity index is 0. The molecular weight excluding hydrogens is 112 g/mol. The van der Waals surface area contributed by atoms with Gasteiger partial charge in [-0.05, 0) is 6.92 Å². The predicted molar refractivity (Wildman–Crippen MR) is 43.8 cm³/mol. The van der Waals surface area contributed by atoms with Gasteiger partial charge in [0.1, 0.15) is 0 Å². The molecule has 0 aromatic heterocycles. The summed E-state index contributed by atoms with van der Waals surface area (Å²) in [6.45, 7) is 5.57. The summed E-state index contributed by atoms with van der Waals surface area (Å²) in [6.07, 6.45) is 0. The summed E-state index contributed by atoms with van der Waals surface area (Å²) in [5.74, 6) is 0. The van der Waals surface area contributed by atoms with E-state index in [2.05, 4.69) is 17.6 Å². The fourth-order valence-electron chi connectivity index (χ4n) is 0.798. The number of piperazine rings is 1. The molecule has 1 unspecified atom stereocenters. The highest BCUT2D eigenvalue weighted by molar-refractivity contribution is 4.69. The van der Waals surface area contributed by atoms with Crippen LogP contribution in [-0.4, -0.2) is 25.7 Å². The zero-order valence-corrected chi connectivity index (χ0v) is 4.70. The highest BCUT2D eigenvalue weighted by Crippen LogP contribution is 1.80. The molecule has 1 atom stereocenters. The van der Waals surface area contributed by atoms with Crippen LogP contribution in [0.15, 0.2) is 0 Å². The van der Waals surface area contributed by atoms with Gasteiger partial charge in [-0.3, -0.25) is 0 Å². The van der Waals surface area contributed by atoms with E-state index in [1.165, 1.54) is 0 Å². The minimum atomic E-state index is 0. The van der Waals surface area contributed by atoms with Gasteiger partial charge in [0.15, 0.2) is 0 Å². The Morgan fingerprint density at radius 2 is 1.89 bits per heavy atom. The van der Waals surface area contributed by atoms with Gasteiger partial charge in [0, 0.05) is 25.7 Å². The monoisotopic (exact) mass is 132 g/mol. The maximum atomic E-state index is 3.32. The lowest BCUT2D eigenvalue weighted by Gasteiger charge is -2.19. The number of hydrogen-bond donors (Lipinski definition) is 2. The molecule has 58 valence electrons. The third-order valence-corrected chi connectivity index (χ3v) is 1.25. The third kappa shape index (κ3) is 4.43. The zero-order valence-electron chi connectivity index (χ0n) is 4.70. The van der Waals surface area contributed by atoms with Crippen molar-refractivity contribution < 1.29 is 0 Å². The first kappa shape index (κ1) is 11.7. The average Bonchev–Trinajstić information content (AvgIpc) is 1.69. The minimum absolute atomic E-state index is 0. The van der Waals surface area contributed by atoms with E-state index < -0.39 is 0 Å². The van der Waals surface area contributed by atoms with Crippen LogP contribution in [0.1, 0.15) is 21.8 Å². The molecule has 0 aliphatic carbocycles. The molecule has 2 heteroatoms. The molecule has 1 rings (SSSR count). The SMILES string of the molecule is C.C.CC1CNCCN1. The number of nitrogens with one attached hydrogen (secondary N) is 2. The van der Waals surface area contributed by atoms with Crippen molar-refractivity contribution in [2.24, 2.45) is 0 Å². The lowest BCUT2D eigenvalue weighted by atomic mass is 10.3. The van der Waals surface area contributed by atoms with Crippen molar-refractivity contribution in [3.63, 3.8) is 0 Å². The first-order chi connectivity index (χ1) is 3.39. The van der Waals surface area contributed by atoms with Gasteiger partial charge in [0.25, 0.3) is 0 Å². The summed E-state index contributed by atoms with van der Waals surface area (Å²) in [5.41, 5.74) is 0. The van der Waals surface area contributed by atoms with E-state index >= 15 is 0 Å². The van der Waals surface area contributed by atoms with Gasteiger partial charge in [-0.2, -0.15) is 0 Å². The Labute approximate surface area is 59.0 Å². The fraction of sp³-hybridized carbons (Fsp3) is 1.00. The Kier molecular flexibility index (Phi) is 7.85. The maximum absolute atomic E-state index is 3.32. The molecule has 0 amide bonds. The molecule has 1 aliphatic heterocycles. The topological polar surface area (TPSA) is 24.1 Å². The van der Waals surface area contributed by atoms with E-state index in [1.807, 2.05) is 0 Å². The lowest BCUT2D eigenvalue weighted by Crippen LogP contribution is -2.46. The van der Waals surface area contributed by atoms with Crippen LogP contribution in [0.4, 0.5) is 0 Å². The van der Waals surface area contributed by atoms with Crippen LogP contribution >= 0.6 is 0 Å².